The number of carbonyl (C=O) groups is 1. The number of amides is 1. The molecule has 4 N–H and O–H groups in total. The number of sulfonamides is 1. The fourth-order valence-electron chi connectivity index (χ4n) is 5.18. The number of nitrogens with one attached hydrogen (secondary N) is 1. The van der Waals surface area contributed by atoms with Crippen LogP contribution in [0.1, 0.15) is 37.3 Å². The summed E-state index contributed by atoms with van der Waals surface area (Å²) in [5, 5.41) is 14.9. The van der Waals surface area contributed by atoms with Gasteiger partial charge in [0.2, 0.25) is 10.0 Å². The van der Waals surface area contributed by atoms with Gasteiger partial charge < -0.3 is 20.9 Å². The summed E-state index contributed by atoms with van der Waals surface area (Å²) in [4.78, 5) is 17.3. The fraction of sp³-hybridized carbons (Fsp3) is 0.333. The van der Waals surface area contributed by atoms with Crippen LogP contribution in [0.25, 0.3) is 10.2 Å². The summed E-state index contributed by atoms with van der Waals surface area (Å²) < 4.78 is 35.2. The highest BCUT2D eigenvalue weighted by molar-refractivity contribution is 7.89. The van der Waals surface area contributed by atoms with Crippen molar-refractivity contribution in [2.75, 3.05) is 18.8 Å². The maximum Gasteiger partial charge on any atom is 0.408 e. The summed E-state index contributed by atoms with van der Waals surface area (Å²) in [6.07, 6.45) is -1.42. The van der Waals surface area contributed by atoms with Gasteiger partial charge in [-0.25, -0.2) is 18.2 Å². The Morgan fingerprint density at radius 2 is 1.80 bits per heavy atom. The molecule has 1 aliphatic rings. The second-order valence-electron chi connectivity index (χ2n) is 10.8. The van der Waals surface area contributed by atoms with Crippen LogP contribution in [0.2, 0.25) is 0 Å². The average Bonchev–Trinajstić information content (AvgIpc) is 3.55. The molecular weight excluding hydrogens is 560 g/mol. The van der Waals surface area contributed by atoms with E-state index in [-0.39, 0.29) is 36.4 Å². The van der Waals surface area contributed by atoms with Crippen LogP contribution in [0.15, 0.2) is 83.8 Å². The molecular formula is C30H34N4O5S2. The second-order valence-corrected chi connectivity index (χ2v) is 13.8. The average molecular weight is 595 g/mol. The van der Waals surface area contributed by atoms with Crippen LogP contribution in [0.3, 0.4) is 0 Å². The molecule has 1 fully saturated rings. The van der Waals surface area contributed by atoms with Crippen LogP contribution in [0.5, 0.6) is 0 Å². The van der Waals surface area contributed by atoms with Gasteiger partial charge in [-0.3, -0.25) is 0 Å². The lowest BCUT2D eigenvalue weighted by Crippen LogP contribution is -2.53. The van der Waals surface area contributed by atoms with Crippen molar-refractivity contribution in [2.24, 2.45) is 5.92 Å². The fourth-order valence-corrected chi connectivity index (χ4v) is 7.67. The monoisotopic (exact) mass is 594 g/mol. The van der Waals surface area contributed by atoms with Crippen molar-refractivity contribution in [3.05, 3.63) is 90.0 Å². The number of aliphatic hydroxyl groups excluding tert-OH is 1. The number of nitrogens with zero attached hydrogens (tertiary/aromatic N) is 2. The van der Waals surface area contributed by atoms with Crippen LogP contribution >= 0.6 is 11.3 Å². The standard InChI is InChI=1S/C30H34N4O5S2/c1-20(2)17-34(41(37,38)23-13-14-25-26(15-23)40-28(31)32-25)18-27(35)30(16-24(30)22-11-7-4-8-12-22)33-29(36)39-19-21-9-5-3-6-10-21/h3-15,20,24,27,35H,16-19H2,1-2H3,(H2,31,32)(H,33,36)/t24?,27-,30?/m1/s1. The third-order valence-electron chi connectivity index (χ3n) is 7.31. The molecule has 0 bridgehead atoms. The van der Waals surface area contributed by atoms with E-state index < -0.39 is 27.8 Å². The van der Waals surface area contributed by atoms with Crippen molar-refractivity contribution in [3.8, 4) is 0 Å². The maximum absolute atomic E-state index is 13.9. The predicted molar refractivity (Wildman–Crippen MR) is 160 cm³/mol. The van der Waals surface area contributed by atoms with E-state index in [1.54, 1.807) is 12.1 Å². The molecule has 3 aromatic carbocycles. The van der Waals surface area contributed by atoms with Crippen molar-refractivity contribution in [1.82, 2.24) is 14.6 Å². The molecule has 41 heavy (non-hydrogen) atoms. The quantitative estimate of drug-likeness (QED) is 0.228. The molecule has 216 valence electrons. The third kappa shape index (κ3) is 6.38. The van der Waals surface area contributed by atoms with Crippen molar-refractivity contribution in [1.29, 1.82) is 0 Å². The van der Waals surface area contributed by atoms with E-state index in [1.165, 1.54) is 21.7 Å². The minimum absolute atomic E-state index is 0.0105. The molecule has 11 heteroatoms. The molecule has 1 aliphatic carbocycles. The van der Waals surface area contributed by atoms with Crippen molar-refractivity contribution in [3.63, 3.8) is 0 Å². The molecule has 0 saturated heterocycles. The number of thiazole rings is 1. The number of aromatic nitrogens is 1. The summed E-state index contributed by atoms with van der Waals surface area (Å²) in [5.41, 5.74) is 7.14. The molecule has 1 aromatic heterocycles. The normalized spacial score (nSPS) is 19.4. The molecule has 4 aromatic rings. The second kappa shape index (κ2) is 11.8. The van der Waals surface area contributed by atoms with E-state index in [0.717, 1.165) is 11.1 Å². The topological polar surface area (TPSA) is 135 Å². The number of anilines is 1. The van der Waals surface area contributed by atoms with Gasteiger partial charge in [0.1, 0.15) is 6.61 Å². The van der Waals surface area contributed by atoms with Gasteiger partial charge >= 0.3 is 6.09 Å². The van der Waals surface area contributed by atoms with Gasteiger partial charge in [-0.15, -0.1) is 0 Å². The Bertz CT molecular complexity index is 1610. The summed E-state index contributed by atoms with van der Waals surface area (Å²) in [6.45, 7) is 3.90. The Labute approximate surface area is 244 Å². The lowest BCUT2D eigenvalue weighted by molar-refractivity contribution is 0.0764. The molecule has 2 unspecified atom stereocenters. The van der Waals surface area contributed by atoms with Gasteiger partial charge in [-0.2, -0.15) is 4.31 Å². The number of nitrogen functional groups attached to an aromatic ring is 1. The van der Waals surface area contributed by atoms with Crippen molar-refractivity contribution in [2.45, 2.75) is 49.3 Å². The smallest absolute Gasteiger partial charge is 0.408 e. The first kappa shape index (κ1) is 29.0. The first-order valence-electron chi connectivity index (χ1n) is 13.5. The largest absolute Gasteiger partial charge is 0.445 e. The molecule has 0 spiro atoms. The number of ether oxygens (including phenoxy) is 1. The lowest BCUT2D eigenvalue weighted by Gasteiger charge is -2.31. The van der Waals surface area contributed by atoms with Crippen LogP contribution in [-0.2, 0) is 21.4 Å². The number of rotatable bonds is 11. The predicted octanol–water partition coefficient (Wildman–Crippen LogP) is 4.74. The summed E-state index contributed by atoms with van der Waals surface area (Å²) in [5.74, 6) is -0.216. The van der Waals surface area contributed by atoms with E-state index in [0.29, 0.717) is 21.8 Å². The first-order chi connectivity index (χ1) is 19.6. The molecule has 5 rings (SSSR count). The van der Waals surface area contributed by atoms with E-state index in [9.17, 15) is 18.3 Å². The zero-order chi connectivity index (χ0) is 29.2. The Morgan fingerprint density at radius 1 is 1.12 bits per heavy atom. The molecule has 9 nitrogen and oxygen atoms in total. The van der Waals surface area contributed by atoms with Crippen LogP contribution < -0.4 is 11.1 Å². The molecule has 0 radical (unpaired) electrons. The van der Waals surface area contributed by atoms with Crippen molar-refractivity contribution < 1.29 is 23.1 Å². The molecule has 3 atom stereocenters. The Kier molecular flexibility index (Phi) is 8.32. The zero-order valence-corrected chi connectivity index (χ0v) is 24.6. The number of hydrogen-bond donors (Lipinski definition) is 3. The lowest BCUT2D eigenvalue weighted by atomic mass is 10.0. The Balaban J connectivity index is 1.40. The number of carbonyl (C=O) groups excluding carboxylic acids is 1. The van der Waals surface area contributed by atoms with Gasteiger partial charge in [0.15, 0.2) is 5.13 Å². The molecule has 1 heterocycles. The minimum atomic E-state index is -4.00. The van der Waals surface area contributed by atoms with Crippen molar-refractivity contribution >= 4 is 42.8 Å². The molecule has 0 aliphatic heterocycles. The number of fused-ring (bicyclic) bond motifs is 1. The summed E-state index contributed by atoms with van der Waals surface area (Å²) in [7, 11) is -4.00. The van der Waals surface area contributed by atoms with Crippen LogP contribution in [0, 0.1) is 5.92 Å². The van der Waals surface area contributed by atoms with E-state index in [1.807, 2.05) is 74.5 Å². The zero-order valence-electron chi connectivity index (χ0n) is 22.9. The highest BCUT2D eigenvalue weighted by Gasteiger charge is 2.61. The number of aliphatic hydroxyl groups is 1. The number of nitrogens with two attached hydrogens (primary N) is 1. The third-order valence-corrected chi connectivity index (χ3v) is 9.98. The maximum atomic E-state index is 13.9. The van der Waals surface area contributed by atoms with Crippen LogP contribution in [-0.4, -0.2) is 53.6 Å². The van der Waals surface area contributed by atoms with Gasteiger partial charge in [0.05, 0.1) is 26.8 Å². The molecule has 1 amide bonds. The van der Waals surface area contributed by atoms with E-state index >= 15 is 0 Å². The number of alkyl carbamates (subject to hydrolysis) is 1. The highest BCUT2D eigenvalue weighted by atomic mass is 32.2. The Morgan fingerprint density at radius 3 is 2.49 bits per heavy atom. The van der Waals surface area contributed by atoms with Gasteiger partial charge in [0.25, 0.3) is 0 Å². The molecule has 1 saturated carbocycles. The van der Waals surface area contributed by atoms with E-state index in [2.05, 4.69) is 10.3 Å². The minimum Gasteiger partial charge on any atom is -0.445 e. The summed E-state index contributed by atoms with van der Waals surface area (Å²) in [6, 6.07) is 23.6. The first-order valence-corrected chi connectivity index (χ1v) is 15.7. The van der Waals surface area contributed by atoms with Gasteiger partial charge in [-0.1, -0.05) is 85.8 Å². The SMILES string of the molecule is CC(C)CN(C[C@@H](O)C1(NC(=O)OCc2ccccc2)CC1c1ccccc1)S(=O)(=O)c1ccc2nc(N)sc2c1. The highest BCUT2D eigenvalue weighted by Crippen LogP contribution is 2.54. The van der Waals surface area contributed by atoms with Crippen LogP contribution in [0.4, 0.5) is 9.93 Å². The van der Waals surface area contributed by atoms with Gasteiger partial charge in [0, 0.05) is 19.0 Å². The summed E-state index contributed by atoms with van der Waals surface area (Å²) >= 11 is 1.22. The van der Waals surface area contributed by atoms with E-state index in [4.69, 9.17) is 10.5 Å². The number of benzene rings is 3. The van der Waals surface area contributed by atoms with Gasteiger partial charge in [-0.05, 0) is 41.7 Å². The Hall–Kier alpha value is -3.51. The number of hydrogen-bond acceptors (Lipinski definition) is 8.